The minimum Gasteiger partial charge on any atom is -0.494 e. The molecule has 1 amide bonds. The summed E-state index contributed by atoms with van der Waals surface area (Å²) in [5, 5.41) is 2.80. The number of carbonyl (C=O) groups is 1. The van der Waals surface area contributed by atoms with Crippen molar-refractivity contribution in [1.29, 1.82) is 0 Å². The van der Waals surface area contributed by atoms with E-state index in [1.165, 1.54) is 0 Å². The Balaban J connectivity index is 2.10. The van der Waals surface area contributed by atoms with E-state index in [-0.39, 0.29) is 5.91 Å². The monoisotopic (exact) mass is 271 g/mol. The number of ether oxygens (including phenoxy) is 1. The number of aryl methyl sites for hydroxylation is 2. The Kier molecular flexibility index (Phi) is 4.30. The van der Waals surface area contributed by atoms with Gasteiger partial charge in [0.2, 0.25) is 0 Å². The summed E-state index contributed by atoms with van der Waals surface area (Å²) in [7, 11) is 0. The van der Waals surface area contributed by atoms with Crippen molar-refractivity contribution in [3.8, 4) is 5.75 Å². The highest BCUT2D eigenvalue weighted by Gasteiger charge is 2.09. The predicted octanol–water partition coefficient (Wildman–Crippen LogP) is 2.74. The van der Waals surface area contributed by atoms with E-state index in [1.807, 2.05) is 26.0 Å². The molecule has 1 aromatic heterocycles. The van der Waals surface area contributed by atoms with Crippen LogP contribution in [0.25, 0.3) is 0 Å². The van der Waals surface area contributed by atoms with Crippen LogP contribution in [0, 0.1) is 13.8 Å². The Morgan fingerprint density at radius 3 is 2.50 bits per heavy atom. The van der Waals surface area contributed by atoms with Crippen LogP contribution in [0.1, 0.15) is 28.9 Å². The van der Waals surface area contributed by atoms with Crippen molar-refractivity contribution >= 4 is 11.6 Å². The van der Waals surface area contributed by atoms with Crippen LogP contribution in [-0.2, 0) is 0 Å². The summed E-state index contributed by atoms with van der Waals surface area (Å²) in [4.78, 5) is 20.4. The summed E-state index contributed by atoms with van der Waals surface area (Å²) in [6.07, 6.45) is 0. The fourth-order valence-corrected chi connectivity index (χ4v) is 1.83. The third-order valence-corrected chi connectivity index (χ3v) is 2.62. The van der Waals surface area contributed by atoms with E-state index in [0.29, 0.717) is 23.8 Å². The lowest BCUT2D eigenvalue weighted by molar-refractivity contribution is 0.102. The highest BCUT2D eigenvalue weighted by molar-refractivity contribution is 6.02. The van der Waals surface area contributed by atoms with Crippen LogP contribution >= 0.6 is 0 Å². The van der Waals surface area contributed by atoms with Crippen LogP contribution in [0.3, 0.4) is 0 Å². The second-order valence-electron chi connectivity index (χ2n) is 4.35. The maximum atomic E-state index is 12.1. The van der Waals surface area contributed by atoms with Gasteiger partial charge in [-0.2, -0.15) is 0 Å². The van der Waals surface area contributed by atoms with Gasteiger partial charge in [-0.1, -0.05) is 0 Å². The second-order valence-corrected chi connectivity index (χ2v) is 4.35. The van der Waals surface area contributed by atoms with Gasteiger partial charge in [0, 0.05) is 11.4 Å². The van der Waals surface area contributed by atoms with Gasteiger partial charge in [-0.15, -0.1) is 0 Å². The molecule has 0 bridgehead atoms. The fourth-order valence-electron chi connectivity index (χ4n) is 1.83. The minimum absolute atomic E-state index is 0.247. The molecule has 1 N–H and O–H groups in total. The molecule has 0 aliphatic heterocycles. The lowest BCUT2D eigenvalue weighted by Gasteiger charge is -2.07. The highest BCUT2D eigenvalue weighted by atomic mass is 16.5. The molecule has 0 atom stereocenters. The molecule has 0 fully saturated rings. The average Bonchev–Trinajstić information content (AvgIpc) is 2.40. The van der Waals surface area contributed by atoms with Crippen molar-refractivity contribution in [2.45, 2.75) is 20.8 Å². The molecule has 5 heteroatoms. The van der Waals surface area contributed by atoms with Gasteiger partial charge < -0.3 is 10.1 Å². The summed E-state index contributed by atoms with van der Waals surface area (Å²) >= 11 is 0. The Morgan fingerprint density at radius 2 is 1.90 bits per heavy atom. The van der Waals surface area contributed by atoms with Crippen LogP contribution in [0.5, 0.6) is 5.75 Å². The fraction of sp³-hybridized carbons (Fsp3) is 0.267. The molecule has 2 rings (SSSR count). The number of aromatic nitrogens is 2. The van der Waals surface area contributed by atoms with E-state index >= 15 is 0 Å². The van der Waals surface area contributed by atoms with Crippen molar-refractivity contribution in [2.24, 2.45) is 0 Å². The topological polar surface area (TPSA) is 64.1 Å². The molecule has 20 heavy (non-hydrogen) atoms. The number of anilines is 1. The van der Waals surface area contributed by atoms with Crippen LogP contribution in [0.2, 0.25) is 0 Å². The van der Waals surface area contributed by atoms with Gasteiger partial charge in [0.25, 0.3) is 5.91 Å². The molecule has 0 radical (unpaired) electrons. The minimum atomic E-state index is -0.247. The van der Waals surface area contributed by atoms with Crippen molar-refractivity contribution in [1.82, 2.24) is 9.97 Å². The first-order chi connectivity index (χ1) is 9.58. The molecule has 5 nitrogen and oxygen atoms in total. The molecule has 0 aliphatic rings. The highest BCUT2D eigenvalue weighted by Crippen LogP contribution is 2.16. The van der Waals surface area contributed by atoms with E-state index in [4.69, 9.17) is 4.74 Å². The van der Waals surface area contributed by atoms with Gasteiger partial charge >= 0.3 is 0 Å². The Morgan fingerprint density at radius 1 is 1.20 bits per heavy atom. The maximum Gasteiger partial charge on any atom is 0.274 e. The second kappa shape index (κ2) is 6.14. The molecule has 1 heterocycles. The first-order valence-corrected chi connectivity index (χ1v) is 6.45. The van der Waals surface area contributed by atoms with Gasteiger partial charge in [-0.05, 0) is 51.1 Å². The Hall–Kier alpha value is -2.43. The third kappa shape index (κ3) is 3.54. The molecule has 0 saturated heterocycles. The standard InChI is InChI=1S/C15H17N3O2/c1-4-20-13-7-5-12(6-8-13)18-15(19)14-9-10(2)16-11(3)17-14/h5-9H,4H2,1-3H3,(H,18,19). The first-order valence-electron chi connectivity index (χ1n) is 6.45. The molecule has 0 saturated carbocycles. The summed E-state index contributed by atoms with van der Waals surface area (Å²) in [5.41, 5.74) is 1.84. The van der Waals surface area contributed by atoms with Crippen LogP contribution in [-0.4, -0.2) is 22.5 Å². The maximum absolute atomic E-state index is 12.1. The van der Waals surface area contributed by atoms with Crippen molar-refractivity contribution in [2.75, 3.05) is 11.9 Å². The summed E-state index contributed by atoms with van der Waals surface area (Å²) in [6.45, 7) is 6.14. The number of nitrogens with zero attached hydrogens (tertiary/aromatic N) is 2. The molecule has 2 aromatic rings. The molecule has 1 aromatic carbocycles. The zero-order valence-corrected chi connectivity index (χ0v) is 11.8. The lowest BCUT2D eigenvalue weighted by atomic mass is 10.2. The van der Waals surface area contributed by atoms with E-state index in [1.54, 1.807) is 25.1 Å². The first kappa shape index (κ1) is 14.0. The van der Waals surface area contributed by atoms with E-state index in [9.17, 15) is 4.79 Å². The van der Waals surface area contributed by atoms with Gasteiger partial charge in [-0.25, -0.2) is 9.97 Å². The van der Waals surface area contributed by atoms with Crippen LogP contribution < -0.4 is 10.1 Å². The van der Waals surface area contributed by atoms with Gasteiger partial charge in [0.1, 0.15) is 17.3 Å². The third-order valence-electron chi connectivity index (χ3n) is 2.62. The molecule has 0 aliphatic carbocycles. The number of rotatable bonds is 4. The molecular weight excluding hydrogens is 254 g/mol. The zero-order valence-electron chi connectivity index (χ0n) is 11.8. The van der Waals surface area contributed by atoms with Gasteiger partial charge in [-0.3, -0.25) is 4.79 Å². The summed E-state index contributed by atoms with van der Waals surface area (Å²) < 4.78 is 5.35. The number of carbonyl (C=O) groups excluding carboxylic acids is 1. The SMILES string of the molecule is CCOc1ccc(NC(=O)c2cc(C)nc(C)n2)cc1. The number of hydrogen-bond donors (Lipinski definition) is 1. The van der Waals surface area contributed by atoms with E-state index in [0.717, 1.165) is 11.4 Å². The quantitative estimate of drug-likeness (QED) is 0.928. The summed E-state index contributed by atoms with van der Waals surface area (Å²) in [5.74, 6) is 1.11. The predicted molar refractivity (Wildman–Crippen MR) is 77.1 cm³/mol. The number of nitrogens with one attached hydrogen (secondary N) is 1. The number of benzene rings is 1. The van der Waals surface area contributed by atoms with Crippen LogP contribution in [0.4, 0.5) is 5.69 Å². The van der Waals surface area contributed by atoms with Crippen molar-refractivity contribution in [3.63, 3.8) is 0 Å². The molecule has 0 spiro atoms. The Bertz CT molecular complexity index is 589. The average molecular weight is 271 g/mol. The zero-order chi connectivity index (χ0) is 14.5. The largest absolute Gasteiger partial charge is 0.494 e. The van der Waals surface area contributed by atoms with Gasteiger partial charge in [0.15, 0.2) is 0 Å². The number of hydrogen-bond acceptors (Lipinski definition) is 4. The van der Waals surface area contributed by atoms with Crippen LogP contribution in [0.15, 0.2) is 30.3 Å². The van der Waals surface area contributed by atoms with E-state index in [2.05, 4.69) is 15.3 Å². The molecule has 0 unspecified atom stereocenters. The Labute approximate surface area is 118 Å². The molecular formula is C15H17N3O2. The van der Waals surface area contributed by atoms with Gasteiger partial charge in [0.05, 0.1) is 6.61 Å². The smallest absolute Gasteiger partial charge is 0.274 e. The van der Waals surface area contributed by atoms with E-state index < -0.39 is 0 Å². The normalized spacial score (nSPS) is 10.2. The lowest BCUT2D eigenvalue weighted by Crippen LogP contribution is -2.15. The van der Waals surface area contributed by atoms with Crippen molar-refractivity contribution < 1.29 is 9.53 Å². The number of amides is 1. The van der Waals surface area contributed by atoms with Crippen molar-refractivity contribution in [3.05, 3.63) is 47.5 Å². The summed E-state index contributed by atoms with van der Waals surface area (Å²) in [6, 6.07) is 8.88. The molecule has 104 valence electrons.